The molecule has 104 valence electrons. The average molecular weight is 280 g/mol. The zero-order valence-electron chi connectivity index (χ0n) is 10.4. The summed E-state index contributed by atoms with van der Waals surface area (Å²) in [5, 5.41) is 6.11. The first kappa shape index (κ1) is 13.7. The quantitative estimate of drug-likeness (QED) is 0.880. The molecule has 0 fully saturated rings. The number of rotatable bonds is 3. The molecule has 0 bridgehead atoms. The summed E-state index contributed by atoms with van der Waals surface area (Å²) in [5.41, 5.74) is 4.90. The van der Waals surface area contributed by atoms with Crippen molar-refractivity contribution in [2.24, 2.45) is 12.8 Å². The van der Waals surface area contributed by atoms with Crippen LogP contribution in [0.1, 0.15) is 20.7 Å². The van der Waals surface area contributed by atoms with Crippen LogP contribution in [0, 0.1) is 11.6 Å². The second-order valence-corrected chi connectivity index (χ2v) is 4.01. The molecule has 0 saturated carbocycles. The first-order valence-corrected chi connectivity index (χ1v) is 5.47. The Kier molecular flexibility index (Phi) is 3.47. The number of amides is 2. The van der Waals surface area contributed by atoms with E-state index in [0.29, 0.717) is 6.07 Å². The van der Waals surface area contributed by atoms with E-state index in [0.717, 1.165) is 12.1 Å². The van der Waals surface area contributed by atoms with Crippen LogP contribution in [0.3, 0.4) is 0 Å². The lowest BCUT2D eigenvalue weighted by Crippen LogP contribution is -2.19. The average Bonchev–Trinajstić information content (AvgIpc) is 2.70. The normalized spacial score (nSPS) is 10.3. The molecule has 0 aliphatic carbocycles. The minimum atomic E-state index is -0.879. The summed E-state index contributed by atoms with van der Waals surface area (Å²) in [4.78, 5) is 23.1. The van der Waals surface area contributed by atoms with Gasteiger partial charge in [-0.15, -0.1) is 0 Å². The van der Waals surface area contributed by atoms with E-state index in [-0.39, 0.29) is 16.9 Å². The van der Waals surface area contributed by atoms with Gasteiger partial charge in [-0.3, -0.25) is 14.3 Å². The fourth-order valence-electron chi connectivity index (χ4n) is 1.63. The zero-order chi connectivity index (χ0) is 14.9. The number of halogens is 2. The highest BCUT2D eigenvalue weighted by molar-refractivity contribution is 6.07. The highest BCUT2D eigenvalue weighted by atomic mass is 19.1. The van der Waals surface area contributed by atoms with Gasteiger partial charge in [0.05, 0.1) is 6.20 Å². The SMILES string of the molecule is Cn1ncc(C(N)=O)c1NC(=O)c1cc(F)cc(F)c1. The van der Waals surface area contributed by atoms with Gasteiger partial charge >= 0.3 is 0 Å². The molecular formula is C12H10F2N4O2. The van der Waals surface area contributed by atoms with Gasteiger partial charge in [0.25, 0.3) is 11.8 Å². The Morgan fingerprint density at radius 3 is 2.40 bits per heavy atom. The Morgan fingerprint density at radius 2 is 1.85 bits per heavy atom. The summed E-state index contributed by atoms with van der Waals surface area (Å²) in [6.07, 6.45) is 1.18. The Bertz CT molecular complexity index is 677. The maximum atomic E-state index is 13.0. The summed E-state index contributed by atoms with van der Waals surface area (Å²) < 4.78 is 27.3. The van der Waals surface area contributed by atoms with E-state index in [4.69, 9.17) is 5.73 Å². The van der Waals surface area contributed by atoms with Crippen LogP contribution < -0.4 is 11.1 Å². The van der Waals surface area contributed by atoms with Crippen molar-refractivity contribution in [1.82, 2.24) is 9.78 Å². The van der Waals surface area contributed by atoms with E-state index in [1.165, 1.54) is 17.9 Å². The molecule has 0 saturated heterocycles. The molecule has 0 spiro atoms. The summed E-state index contributed by atoms with van der Waals surface area (Å²) in [7, 11) is 1.48. The molecule has 1 aromatic carbocycles. The summed E-state index contributed by atoms with van der Waals surface area (Å²) in [6, 6.07) is 2.40. The lowest BCUT2D eigenvalue weighted by atomic mass is 10.2. The minimum absolute atomic E-state index is 0.00211. The van der Waals surface area contributed by atoms with E-state index in [2.05, 4.69) is 10.4 Å². The van der Waals surface area contributed by atoms with E-state index in [1.54, 1.807) is 0 Å². The molecule has 2 rings (SSSR count). The molecule has 0 unspecified atom stereocenters. The van der Waals surface area contributed by atoms with Gasteiger partial charge in [0.15, 0.2) is 0 Å². The van der Waals surface area contributed by atoms with Gasteiger partial charge < -0.3 is 11.1 Å². The van der Waals surface area contributed by atoms with Crippen LogP contribution in [0.2, 0.25) is 0 Å². The predicted molar refractivity (Wildman–Crippen MR) is 66.0 cm³/mol. The standard InChI is InChI=1S/C12H10F2N4O2/c1-18-11(9(5-16-18)10(15)19)17-12(20)6-2-7(13)4-8(14)3-6/h2-5H,1H3,(H2,15,19)(H,17,20). The number of nitrogens with one attached hydrogen (secondary N) is 1. The van der Waals surface area contributed by atoms with Crippen molar-refractivity contribution in [3.63, 3.8) is 0 Å². The number of nitrogens with zero attached hydrogens (tertiary/aromatic N) is 2. The number of carbonyl (C=O) groups is 2. The van der Waals surface area contributed by atoms with E-state index < -0.39 is 23.4 Å². The Balaban J connectivity index is 2.32. The molecule has 8 heteroatoms. The highest BCUT2D eigenvalue weighted by Crippen LogP contribution is 2.15. The van der Waals surface area contributed by atoms with E-state index >= 15 is 0 Å². The molecular weight excluding hydrogens is 270 g/mol. The maximum Gasteiger partial charge on any atom is 0.257 e. The van der Waals surface area contributed by atoms with Gasteiger partial charge in [0.1, 0.15) is 23.0 Å². The summed E-state index contributed by atoms with van der Waals surface area (Å²) >= 11 is 0. The van der Waals surface area contributed by atoms with Gasteiger partial charge in [0, 0.05) is 18.7 Å². The van der Waals surface area contributed by atoms with Crippen molar-refractivity contribution in [1.29, 1.82) is 0 Å². The van der Waals surface area contributed by atoms with Crippen molar-refractivity contribution in [2.45, 2.75) is 0 Å². The predicted octanol–water partition coefficient (Wildman–Crippen LogP) is 1.05. The van der Waals surface area contributed by atoms with Gasteiger partial charge in [-0.2, -0.15) is 5.10 Å². The van der Waals surface area contributed by atoms with Crippen molar-refractivity contribution in [3.8, 4) is 0 Å². The van der Waals surface area contributed by atoms with Crippen molar-refractivity contribution in [2.75, 3.05) is 5.32 Å². The van der Waals surface area contributed by atoms with Crippen molar-refractivity contribution in [3.05, 3.63) is 47.2 Å². The number of primary amides is 1. The molecule has 0 atom stereocenters. The molecule has 0 aliphatic rings. The topological polar surface area (TPSA) is 90.0 Å². The van der Waals surface area contributed by atoms with Crippen LogP contribution in [-0.4, -0.2) is 21.6 Å². The molecule has 2 aromatic rings. The maximum absolute atomic E-state index is 13.0. The molecule has 2 amide bonds. The van der Waals surface area contributed by atoms with Crippen LogP contribution in [0.4, 0.5) is 14.6 Å². The third-order valence-corrected chi connectivity index (χ3v) is 2.56. The number of aromatic nitrogens is 2. The van der Waals surface area contributed by atoms with E-state index in [9.17, 15) is 18.4 Å². The molecule has 20 heavy (non-hydrogen) atoms. The number of anilines is 1. The number of hydrogen-bond donors (Lipinski definition) is 2. The smallest absolute Gasteiger partial charge is 0.257 e. The second kappa shape index (κ2) is 5.08. The Morgan fingerprint density at radius 1 is 1.25 bits per heavy atom. The molecule has 0 aliphatic heterocycles. The van der Waals surface area contributed by atoms with Gasteiger partial charge in [-0.25, -0.2) is 8.78 Å². The number of carbonyl (C=O) groups excluding carboxylic acids is 2. The Hall–Kier alpha value is -2.77. The summed E-state index contributed by atoms with van der Waals surface area (Å²) in [6.45, 7) is 0. The molecule has 6 nitrogen and oxygen atoms in total. The molecule has 1 heterocycles. The zero-order valence-corrected chi connectivity index (χ0v) is 10.4. The van der Waals surface area contributed by atoms with Gasteiger partial charge in [-0.05, 0) is 12.1 Å². The van der Waals surface area contributed by atoms with Crippen LogP contribution in [0.25, 0.3) is 0 Å². The summed E-state index contributed by atoms with van der Waals surface area (Å²) in [5.74, 6) is -3.27. The lowest BCUT2D eigenvalue weighted by molar-refractivity contribution is 0.100. The largest absolute Gasteiger partial charge is 0.365 e. The van der Waals surface area contributed by atoms with E-state index in [1.807, 2.05) is 0 Å². The fourth-order valence-corrected chi connectivity index (χ4v) is 1.63. The van der Waals surface area contributed by atoms with Crippen LogP contribution in [0.5, 0.6) is 0 Å². The monoisotopic (exact) mass is 280 g/mol. The Labute approximate surface area is 112 Å². The third kappa shape index (κ3) is 2.63. The number of hydrogen-bond acceptors (Lipinski definition) is 3. The highest BCUT2D eigenvalue weighted by Gasteiger charge is 2.17. The van der Waals surface area contributed by atoms with Crippen LogP contribution >= 0.6 is 0 Å². The van der Waals surface area contributed by atoms with Gasteiger partial charge in [-0.1, -0.05) is 0 Å². The van der Waals surface area contributed by atoms with Crippen LogP contribution in [0.15, 0.2) is 24.4 Å². The first-order valence-electron chi connectivity index (χ1n) is 5.47. The number of nitrogens with two attached hydrogens (primary N) is 1. The fraction of sp³-hybridized carbons (Fsp3) is 0.0833. The molecule has 1 aromatic heterocycles. The third-order valence-electron chi connectivity index (χ3n) is 2.56. The molecule has 3 N–H and O–H groups in total. The second-order valence-electron chi connectivity index (χ2n) is 4.01. The number of aryl methyl sites for hydroxylation is 1. The van der Waals surface area contributed by atoms with Crippen molar-refractivity contribution >= 4 is 17.6 Å². The molecule has 0 radical (unpaired) electrons. The minimum Gasteiger partial charge on any atom is -0.365 e. The first-order chi connectivity index (χ1) is 9.38. The van der Waals surface area contributed by atoms with Crippen molar-refractivity contribution < 1.29 is 18.4 Å². The lowest BCUT2D eigenvalue weighted by Gasteiger charge is -2.07. The van der Waals surface area contributed by atoms with Gasteiger partial charge in [0.2, 0.25) is 0 Å². The van der Waals surface area contributed by atoms with Crippen LogP contribution in [-0.2, 0) is 7.05 Å². The number of benzene rings is 1.